The molecule has 2 amide bonds. The Bertz CT molecular complexity index is 721. The lowest BCUT2D eigenvalue weighted by Gasteiger charge is -2.35. The Labute approximate surface area is 150 Å². The van der Waals surface area contributed by atoms with Crippen molar-refractivity contribution in [1.29, 1.82) is 0 Å². The van der Waals surface area contributed by atoms with Crippen molar-refractivity contribution in [3.63, 3.8) is 0 Å². The molecule has 140 valence electrons. The predicted octanol–water partition coefficient (Wildman–Crippen LogP) is 0.189. The van der Waals surface area contributed by atoms with E-state index in [1.807, 2.05) is 0 Å². The Hall–Kier alpha value is -2.81. The largest absolute Gasteiger partial charge is 0.480 e. The molecule has 0 bridgehead atoms. The summed E-state index contributed by atoms with van der Waals surface area (Å²) in [5.41, 5.74) is 0.476. The van der Waals surface area contributed by atoms with Crippen LogP contribution < -0.4 is 9.47 Å². The van der Waals surface area contributed by atoms with Crippen LogP contribution in [0.5, 0.6) is 11.5 Å². The molecule has 0 radical (unpaired) electrons. The monoisotopic (exact) mass is 364 g/mol. The number of ether oxygens (including phenoxy) is 3. The number of hydrogen-bond acceptors (Lipinski definition) is 6. The first-order valence-corrected chi connectivity index (χ1v) is 8.22. The summed E-state index contributed by atoms with van der Waals surface area (Å²) in [4.78, 5) is 38.1. The minimum atomic E-state index is -1.09. The Morgan fingerprint density at radius 3 is 2.77 bits per heavy atom. The summed E-state index contributed by atoms with van der Waals surface area (Å²) >= 11 is 0. The molecule has 2 aliphatic rings. The van der Waals surface area contributed by atoms with E-state index in [1.54, 1.807) is 23.1 Å². The molecule has 1 atom stereocenters. The van der Waals surface area contributed by atoms with E-state index >= 15 is 0 Å². The summed E-state index contributed by atoms with van der Waals surface area (Å²) in [5, 5.41) is 8.91. The van der Waals surface area contributed by atoms with Crippen LogP contribution >= 0.6 is 0 Å². The maximum atomic E-state index is 12.7. The van der Waals surface area contributed by atoms with E-state index in [0.29, 0.717) is 30.2 Å². The molecular formula is C17H20N2O7. The first kappa shape index (κ1) is 18.0. The maximum Gasteiger partial charge on any atom is 0.323 e. The van der Waals surface area contributed by atoms with E-state index in [0.717, 1.165) is 0 Å². The number of aliphatic carboxylic acids is 1. The standard InChI is InChI=1S/C17H20N2O7/c1-11(20)19(9-16(21)22)8-13-7-18(4-5-24-13)17(23)12-2-3-14-15(6-12)26-10-25-14/h2-3,6,13H,4-5,7-10H2,1H3,(H,21,22). The molecule has 2 heterocycles. The number of benzene rings is 1. The number of carbonyl (C=O) groups is 3. The molecule has 1 unspecified atom stereocenters. The van der Waals surface area contributed by atoms with Gasteiger partial charge in [-0.15, -0.1) is 0 Å². The van der Waals surface area contributed by atoms with Crippen LogP contribution in [0.15, 0.2) is 18.2 Å². The molecule has 3 rings (SSSR count). The number of fused-ring (bicyclic) bond motifs is 1. The van der Waals surface area contributed by atoms with Gasteiger partial charge in [0.1, 0.15) is 6.54 Å². The topological polar surface area (TPSA) is 106 Å². The number of carbonyl (C=O) groups excluding carboxylic acids is 2. The van der Waals surface area contributed by atoms with Crippen molar-refractivity contribution in [3.8, 4) is 11.5 Å². The van der Waals surface area contributed by atoms with E-state index in [9.17, 15) is 14.4 Å². The second-order valence-electron chi connectivity index (χ2n) is 6.11. The molecule has 26 heavy (non-hydrogen) atoms. The van der Waals surface area contributed by atoms with Crippen molar-refractivity contribution in [1.82, 2.24) is 9.80 Å². The summed E-state index contributed by atoms with van der Waals surface area (Å²) in [7, 11) is 0. The number of rotatable bonds is 5. The van der Waals surface area contributed by atoms with Gasteiger partial charge in [-0.2, -0.15) is 0 Å². The summed E-state index contributed by atoms with van der Waals surface area (Å²) in [6, 6.07) is 5.01. The Morgan fingerprint density at radius 1 is 1.27 bits per heavy atom. The van der Waals surface area contributed by atoms with Gasteiger partial charge in [-0.25, -0.2) is 0 Å². The molecule has 0 aliphatic carbocycles. The molecular weight excluding hydrogens is 344 g/mol. The Kier molecular flexibility index (Phi) is 5.27. The van der Waals surface area contributed by atoms with E-state index in [2.05, 4.69) is 0 Å². The molecule has 1 N–H and O–H groups in total. The van der Waals surface area contributed by atoms with E-state index < -0.39 is 18.6 Å². The average Bonchev–Trinajstić information content (AvgIpc) is 3.08. The molecule has 1 aromatic carbocycles. The number of nitrogens with zero attached hydrogens (tertiary/aromatic N) is 2. The Morgan fingerprint density at radius 2 is 2.04 bits per heavy atom. The lowest BCUT2D eigenvalue weighted by molar-refractivity contribution is -0.145. The minimum Gasteiger partial charge on any atom is -0.480 e. The van der Waals surface area contributed by atoms with Crippen LogP contribution in [0.4, 0.5) is 0 Å². The fourth-order valence-electron chi connectivity index (χ4n) is 2.94. The molecule has 1 fully saturated rings. The van der Waals surface area contributed by atoms with Gasteiger partial charge < -0.3 is 29.1 Å². The van der Waals surface area contributed by atoms with Gasteiger partial charge in [0.25, 0.3) is 5.91 Å². The molecule has 1 aromatic rings. The highest BCUT2D eigenvalue weighted by Gasteiger charge is 2.28. The molecule has 0 aromatic heterocycles. The molecule has 1 saturated heterocycles. The lowest BCUT2D eigenvalue weighted by atomic mass is 10.1. The SMILES string of the molecule is CC(=O)N(CC(=O)O)CC1CN(C(=O)c2ccc3c(c2)OCO3)CCO1. The first-order chi connectivity index (χ1) is 12.4. The van der Waals surface area contributed by atoms with E-state index in [1.165, 1.54) is 11.8 Å². The molecule has 9 nitrogen and oxygen atoms in total. The van der Waals surface area contributed by atoms with Crippen molar-refractivity contribution in [2.45, 2.75) is 13.0 Å². The van der Waals surface area contributed by atoms with Gasteiger partial charge in [0.2, 0.25) is 12.7 Å². The zero-order chi connectivity index (χ0) is 18.7. The number of morpholine rings is 1. The van der Waals surface area contributed by atoms with Crippen LogP contribution in [-0.4, -0.2) is 78.4 Å². The predicted molar refractivity (Wildman–Crippen MR) is 88.1 cm³/mol. The fraction of sp³-hybridized carbons (Fsp3) is 0.471. The summed E-state index contributed by atoms with van der Waals surface area (Å²) in [5.74, 6) is -0.485. The quantitative estimate of drug-likeness (QED) is 0.795. The third-order valence-electron chi connectivity index (χ3n) is 4.24. The highest BCUT2D eigenvalue weighted by Crippen LogP contribution is 2.32. The number of amides is 2. The zero-order valence-electron chi connectivity index (χ0n) is 14.3. The van der Waals surface area contributed by atoms with Crippen LogP contribution in [0.3, 0.4) is 0 Å². The first-order valence-electron chi connectivity index (χ1n) is 8.22. The highest BCUT2D eigenvalue weighted by atomic mass is 16.7. The van der Waals surface area contributed by atoms with Crippen molar-refractivity contribution >= 4 is 17.8 Å². The number of hydrogen-bond donors (Lipinski definition) is 1. The molecule has 0 saturated carbocycles. The van der Waals surface area contributed by atoms with Crippen LogP contribution in [0.25, 0.3) is 0 Å². The third kappa shape index (κ3) is 4.05. The minimum absolute atomic E-state index is 0.118. The van der Waals surface area contributed by atoms with Crippen LogP contribution in [0, 0.1) is 0 Å². The molecule has 2 aliphatic heterocycles. The van der Waals surface area contributed by atoms with Gasteiger partial charge in [0.15, 0.2) is 11.5 Å². The van der Waals surface area contributed by atoms with Crippen molar-refractivity contribution in [3.05, 3.63) is 23.8 Å². The van der Waals surface area contributed by atoms with Gasteiger partial charge in [0.05, 0.1) is 12.7 Å². The fourth-order valence-corrected chi connectivity index (χ4v) is 2.94. The second kappa shape index (κ2) is 7.61. The van der Waals surface area contributed by atoms with Crippen molar-refractivity contribution in [2.24, 2.45) is 0 Å². The van der Waals surface area contributed by atoms with Crippen LogP contribution in [-0.2, 0) is 14.3 Å². The summed E-state index contributed by atoms with van der Waals surface area (Å²) < 4.78 is 16.1. The van der Waals surface area contributed by atoms with Gasteiger partial charge >= 0.3 is 5.97 Å². The zero-order valence-corrected chi connectivity index (χ0v) is 14.3. The van der Waals surface area contributed by atoms with Gasteiger partial charge in [-0.3, -0.25) is 14.4 Å². The van der Waals surface area contributed by atoms with Crippen LogP contribution in [0.2, 0.25) is 0 Å². The third-order valence-corrected chi connectivity index (χ3v) is 4.24. The smallest absolute Gasteiger partial charge is 0.323 e. The summed E-state index contributed by atoms with van der Waals surface area (Å²) in [6.45, 7) is 2.18. The lowest BCUT2D eigenvalue weighted by Crippen LogP contribution is -2.51. The number of carboxylic acids is 1. The van der Waals surface area contributed by atoms with Gasteiger partial charge in [-0.1, -0.05) is 0 Å². The normalized spacial score (nSPS) is 18.5. The van der Waals surface area contributed by atoms with Gasteiger partial charge in [0, 0.05) is 32.1 Å². The maximum absolute atomic E-state index is 12.7. The average molecular weight is 364 g/mol. The van der Waals surface area contributed by atoms with Gasteiger partial charge in [-0.05, 0) is 18.2 Å². The highest BCUT2D eigenvalue weighted by molar-refractivity contribution is 5.95. The van der Waals surface area contributed by atoms with Crippen molar-refractivity contribution < 1.29 is 33.7 Å². The Balaban J connectivity index is 1.65. The van der Waals surface area contributed by atoms with Crippen molar-refractivity contribution in [2.75, 3.05) is 39.6 Å². The van der Waals surface area contributed by atoms with E-state index in [-0.39, 0.29) is 31.7 Å². The van der Waals surface area contributed by atoms with Crippen LogP contribution in [0.1, 0.15) is 17.3 Å². The van der Waals surface area contributed by atoms with E-state index in [4.69, 9.17) is 19.3 Å². The number of carboxylic acid groups (broad SMARTS) is 1. The second-order valence-corrected chi connectivity index (χ2v) is 6.11. The summed E-state index contributed by atoms with van der Waals surface area (Å²) in [6.07, 6.45) is -0.440. The molecule has 0 spiro atoms. The molecule has 9 heteroatoms.